The van der Waals surface area contributed by atoms with Crippen molar-refractivity contribution < 1.29 is 45.4 Å². The van der Waals surface area contributed by atoms with Crippen LogP contribution in [0.25, 0.3) is 0 Å². The molecule has 0 N–H and O–H groups in total. The lowest BCUT2D eigenvalue weighted by molar-refractivity contribution is -0.137. The number of carbonyl (C=O) groups is 3. The number of piperazine rings is 1. The van der Waals surface area contributed by atoms with Crippen molar-refractivity contribution >= 4 is 51.0 Å². The standard InChI is InChI=1S/C29H26ClF3N4O7S/c1-17(38)43-24-6-3-20(14-25(24)44-18(2)39)28(40)37-8-7-19-13-22(4-5-23(19)37)45(41,42)36-11-9-35(10-12-36)27-16-21(29(31,32)33)15-26(30)34-27/h3-6,13-16H,7-12H2,1-2H3. The second kappa shape index (κ2) is 12.3. The summed E-state index contributed by atoms with van der Waals surface area (Å²) in [7, 11) is -3.96. The maximum absolute atomic E-state index is 13.5. The highest BCUT2D eigenvalue weighted by molar-refractivity contribution is 7.89. The number of ether oxygens (including phenoxy) is 2. The molecule has 238 valence electrons. The van der Waals surface area contributed by atoms with Gasteiger partial charge in [0.15, 0.2) is 11.5 Å². The van der Waals surface area contributed by atoms with Crippen LogP contribution < -0.4 is 19.3 Å². The Balaban J connectivity index is 1.31. The van der Waals surface area contributed by atoms with Gasteiger partial charge in [-0.3, -0.25) is 14.4 Å². The third-order valence-electron chi connectivity index (χ3n) is 7.20. The van der Waals surface area contributed by atoms with Crippen LogP contribution in [-0.4, -0.2) is 68.3 Å². The van der Waals surface area contributed by atoms with Gasteiger partial charge in [-0.1, -0.05) is 11.6 Å². The molecule has 2 aliphatic heterocycles. The fourth-order valence-electron chi connectivity index (χ4n) is 5.14. The minimum Gasteiger partial charge on any atom is -0.423 e. The van der Waals surface area contributed by atoms with Gasteiger partial charge in [0, 0.05) is 57.8 Å². The van der Waals surface area contributed by atoms with Crippen LogP contribution in [0.2, 0.25) is 5.15 Å². The summed E-state index contributed by atoms with van der Waals surface area (Å²) in [6.45, 7) is 2.82. The first kappa shape index (κ1) is 32.2. The quantitative estimate of drug-likeness (QED) is 0.215. The van der Waals surface area contributed by atoms with E-state index in [1.807, 2.05) is 0 Å². The molecular weight excluding hydrogens is 641 g/mol. The van der Waals surface area contributed by atoms with Gasteiger partial charge in [-0.2, -0.15) is 17.5 Å². The number of hydrogen-bond donors (Lipinski definition) is 0. The number of sulfonamides is 1. The monoisotopic (exact) mass is 666 g/mol. The Morgan fingerprint density at radius 3 is 2.18 bits per heavy atom. The van der Waals surface area contributed by atoms with E-state index in [-0.39, 0.29) is 65.7 Å². The van der Waals surface area contributed by atoms with Gasteiger partial charge < -0.3 is 19.3 Å². The molecule has 3 aromatic rings. The van der Waals surface area contributed by atoms with Gasteiger partial charge in [0.2, 0.25) is 10.0 Å². The zero-order chi connectivity index (χ0) is 32.7. The van der Waals surface area contributed by atoms with E-state index in [0.29, 0.717) is 17.7 Å². The molecule has 45 heavy (non-hydrogen) atoms. The van der Waals surface area contributed by atoms with Crippen LogP contribution in [-0.2, 0) is 32.2 Å². The molecule has 0 spiro atoms. The van der Waals surface area contributed by atoms with Crippen molar-refractivity contribution in [3.05, 3.63) is 70.4 Å². The fourth-order valence-corrected chi connectivity index (χ4v) is 6.81. The van der Waals surface area contributed by atoms with Crippen LogP contribution >= 0.6 is 11.6 Å². The third-order valence-corrected chi connectivity index (χ3v) is 9.29. The van der Waals surface area contributed by atoms with Crippen molar-refractivity contribution in [2.75, 3.05) is 42.5 Å². The zero-order valence-corrected chi connectivity index (χ0v) is 25.5. The molecule has 1 fully saturated rings. The van der Waals surface area contributed by atoms with Crippen molar-refractivity contribution in [2.24, 2.45) is 0 Å². The van der Waals surface area contributed by atoms with Gasteiger partial charge >= 0.3 is 18.1 Å². The SMILES string of the molecule is CC(=O)Oc1ccc(C(=O)N2CCc3cc(S(=O)(=O)N4CCN(c5cc(C(F)(F)F)cc(Cl)n5)CC4)ccc32)cc1OC(C)=O. The van der Waals surface area contributed by atoms with Gasteiger partial charge in [-0.05, 0) is 60.5 Å². The van der Waals surface area contributed by atoms with E-state index in [4.69, 9.17) is 21.1 Å². The minimum absolute atomic E-state index is 0.00752. The van der Waals surface area contributed by atoms with E-state index in [9.17, 15) is 36.0 Å². The molecule has 0 bridgehead atoms. The topological polar surface area (TPSA) is 126 Å². The first-order valence-electron chi connectivity index (χ1n) is 13.6. The number of halogens is 4. The second-order valence-electron chi connectivity index (χ2n) is 10.3. The van der Waals surface area contributed by atoms with E-state index in [1.54, 1.807) is 4.90 Å². The molecule has 0 atom stereocenters. The fraction of sp³-hybridized carbons (Fsp3) is 0.310. The van der Waals surface area contributed by atoms with Crippen LogP contribution in [0.4, 0.5) is 24.7 Å². The zero-order valence-electron chi connectivity index (χ0n) is 23.9. The molecule has 1 aromatic heterocycles. The summed E-state index contributed by atoms with van der Waals surface area (Å²) >= 11 is 5.81. The summed E-state index contributed by atoms with van der Waals surface area (Å²) in [4.78, 5) is 43.4. The Labute approximate surface area is 261 Å². The molecule has 5 rings (SSSR count). The van der Waals surface area contributed by atoms with Crippen molar-refractivity contribution in [1.82, 2.24) is 9.29 Å². The van der Waals surface area contributed by atoms with Gasteiger partial charge in [-0.15, -0.1) is 0 Å². The lowest BCUT2D eigenvalue weighted by Gasteiger charge is -2.35. The maximum atomic E-state index is 13.5. The van der Waals surface area contributed by atoms with Crippen molar-refractivity contribution in [3.63, 3.8) is 0 Å². The number of aromatic nitrogens is 1. The summed E-state index contributed by atoms with van der Waals surface area (Å²) in [6.07, 6.45) is -4.23. The van der Waals surface area contributed by atoms with E-state index >= 15 is 0 Å². The Hall–Kier alpha value is -4.21. The number of rotatable bonds is 6. The van der Waals surface area contributed by atoms with Crippen molar-refractivity contribution in [2.45, 2.75) is 31.3 Å². The smallest absolute Gasteiger partial charge is 0.416 e. The number of nitrogens with zero attached hydrogens (tertiary/aromatic N) is 4. The predicted octanol–water partition coefficient (Wildman–Crippen LogP) is 4.32. The molecule has 11 nitrogen and oxygen atoms in total. The Kier molecular flexibility index (Phi) is 8.79. The van der Waals surface area contributed by atoms with E-state index in [2.05, 4.69) is 4.98 Å². The maximum Gasteiger partial charge on any atom is 0.416 e. The molecule has 16 heteroatoms. The molecule has 3 heterocycles. The summed E-state index contributed by atoms with van der Waals surface area (Å²) < 4.78 is 78.1. The van der Waals surface area contributed by atoms with Crippen LogP contribution in [0.5, 0.6) is 11.5 Å². The number of esters is 2. The Morgan fingerprint density at radius 2 is 1.53 bits per heavy atom. The number of amides is 1. The highest BCUT2D eigenvalue weighted by atomic mass is 35.5. The molecule has 1 amide bonds. The predicted molar refractivity (Wildman–Crippen MR) is 156 cm³/mol. The van der Waals surface area contributed by atoms with E-state index in [1.165, 1.54) is 52.5 Å². The Bertz CT molecular complexity index is 1790. The van der Waals surface area contributed by atoms with Crippen LogP contribution in [0.1, 0.15) is 35.3 Å². The summed E-state index contributed by atoms with van der Waals surface area (Å²) in [5.74, 6) is -1.87. The molecule has 2 aromatic carbocycles. The summed E-state index contributed by atoms with van der Waals surface area (Å²) in [6, 6.07) is 10.1. The third kappa shape index (κ3) is 6.89. The second-order valence-corrected chi connectivity index (χ2v) is 12.6. The number of anilines is 2. The largest absolute Gasteiger partial charge is 0.423 e. The normalized spacial score (nSPS) is 15.5. The van der Waals surface area contributed by atoms with Gasteiger partial charge in [0.05, 0.1) is 10.5 Å². The number of hydrogen-bond acceptors (Lipinski definition) is 9. The molecule has 0 radical (unpaired) electrons. The lowest BCUT2D eigenvalue weighted by atomic mass is 10.1. The Morgan fingerprint density at radius 1 is 0.867 bits per heavy atom. The van der Waals surface area contributed by atoms with Gasteiger partial charge in [0.25, 0.3) is 5.91 Å². The molecule has 0 saturated carbocycles. The van der Waals surface area contributed by atoms with Gasteiger partial charge in [-0.25, -0.2) is 13.4 Å². The number of benzene rings is 2. The van der Waals surface area contributed by atoms with E-state index in [0.717, 1.165) is 19.1 Å². The van der Waals surface area contributed by atoms with Crippen LogP contribution in [0, 0.1) is 0 Å². The molecule has 1 saturated heterocycles. The average molecular weight is 667 g/mol. The molecule has 0 unspecified atom stereocenters. The van der Waals surface area contributed by atoms with Crippen molar-refractivity contribution in [1.29, 1.82) is 0 Å². The van der Waals surface area contributed by atoms with Gasteiger partial charge in [0.1, 0.15) is 11.0 Å². The van der Waals surface area contributed by atoms with Crippen LogP contribution in [0.3, 0.4) is 0 Å². The summed E-state index contributed by atoms with van der Waals surface area (Å²) in [5.41, 5.74) is 0.347. The van der Waals surface area contributed by atoms with E-state index < -0.39 is 39.6 Å². The number of fused-ring (bicyclic) bond motifs is 1. The molecule has 0 aliphatic carbocycles. The first-order chi connectivity index (χ1) is 21.1. The number of carbonyl (C=O) groups excluding carboxylic acids is 3. The highest BCUT2D eigenvalue weighted by Crippen LogP contribution is 2.36. The van der Waals surface area contributed by atoms with Crippen LogP contribution in [0.15, 0.2) is 53.4 Å². The number of pyridine rings is 1. The van der Waals surface area contributed by atoms with Crippen molar-refractivity contribution in [3.8, 4) is 11.5 Å². The number of alkyl halides is 3. The highest BCUT2D eigenvalue weighted by Gasteiger charge is 2.35. The minimum atomic E-state index is -4.61. The summed E-state index contributed by atoms with van der Waals surface area (Å²) in [5, 5.41) is -0.315. The average Bonchev–Trinajstić information content (AvgIpc) is 3.40. The first-order valence-corrected chi connectivity index (χ1v) is 15.4. The lowest BCUT2D eigenvalue weighted by Crippen LogP contribution is -2.49. The molecular formula is C29H26ClF3N4O7S. The molecule has 2 aliphatic rings.